The minimum absolute atomic E-state index is 0.144. The molecule has 27 heavy (non-hydrogen) atoms. The summed E-state index contributed by atoms with van der Waals surface area (Å²) in [5.41, 5.74) is -0.695. The fourth-order valence-corrected chi connectivity index (χ4v) is 2.58. The van der Waals surface area contributed by atoms with Crippen LogP contribution in [-0.2, 0) is 14.4 Å². The molecule has 0 saturated carbocycles. The van der Waals surface area contributed by atoms with Gasteiger partial charge in [-0.3, -0.25) is 19.7 Å². The minimum Gasteiger partial charge on any atom is -0.506 e. The van der Waals surface area contributed by atoms with Crippen molar-refractivity contribution in [2.45, 2.75) is 6.92 Å². The standard InChI is InChI=1S/C18H13F2N3O4/c1-8(24)21-12-6-5-9(7-13(12)25)22-16-14(17(26)23-18(16)27)10-3-2-4-11(19)15(10)20/h2-7,25H,1H3,(H,21,24)(H2,22,23,26,27). The molecule has 1 aliphatic rings. The third-order valence-electron chi connectivity index (χ3n) is 3.73. The Bertz CT molecular complexity index is 1020. The van der Waals surface area contributed by atoms with E-state index in [1.165, 1.54) is 37.3 Å². The van der Waals surface area contributed by atoms with Gasteiger partial charge in [-0.1, -0.05) is 12.1 Å². The first kappa shape index (κ1) is 18.1. The van der Waals surface area contributed by atoms with Gasteiger partial charge < -0.3 is 15.7 Å². The number of halogens is 2. The van der Waals surface area contributed by atoms with Crippen LogP contribution in [-0.4, -0.2) is 22.8 Å². The van der Waals surface area contributed by atoms with Crippen LogP contribution in [0.4, 0.5) is 20.2 Å². The van der Waals surface area contributed by atoms with Gasteiger partial charge in [0, 0.05) is 24.2 Å². The highest BCUT2D eigenvalue weighted by atomic mass is 19.2. The lowest BCUT2D eigenvalue weighted by molar-refractivity contribution is -0.123. The summed E-state index contributed by atoms with van der Waals surface area (Å²) in [5, 5.41) is 17.0. The van der Waals surface area contributed by atoms with Crippen LogP contribution in [0.15, 0.2) is 42.1 Å². The van der Waals surface area contributed by atoms with E-state index >= 15 is 0 Å². The molecule has 3 rings (SSSR count). The molecule has 0 aromatic heterocycles. The number of benzene rings is 2. The summed E-state index contributed by atoms with van der Waals surface area (Å²) in [6.07, 6.45) is 0. The Morgan fingerprint density at radius 2 is 1.85 bits per heavy atom. The predicted octanol–water partition coefficient (Wildman–Crippen LogP) is 2.11. The van der Waals surface area contributed by atoms with Gasteiger partial charge in [-0.05, 0) is 18.2 Å². The number of carbonyl (C=O) groups excluding carboxylic acids is 3. The number of hydrogen-bond acceptors (Lipinski definition) is 5. The van der Waals surface area contributed by atoms with E-state index in [1.54, 1.807) is 0 Å². The number of amides is 3. The number of hydrogen-bond donors (Lipinski definition) is 4. The van der Waals surface area contributed by atoms with Gasteiger partial charge in [0.2, 0.25) is 5.91 Å². The summed E-state index contributed by atoms with van der Waals surface area (Å²) >= 11 is 0. The van der Waals surface area contributed by atoms with Crippen molar-refractivity contribution in [3.8, 4) is 5.75 Å². The molecule has 0 spiro atoms. The smallest absolute Gasteiger partial charge is 0.275 e. The molecule has 7 nitrogen and oxygen atoms in total. The number of phenolic OH excluding ortho intramolecular Hbond substituents is 1. The molecule has 138 valence electrons. The first-order valence-corrected chi connectivity index (χ1v) is 7.70. The quantitative estimate of drug-likeness (QED) is 0.485. The lowest BCUT2D eigenvalue weighted by Gasteiger charge is -2.11. The van der Waals surface area contributed by atoms with E-state index in [0.29, 0.717) is 0 Å². The average molecular weight is 373 g/mol. The first-order chi connectivity index (χ1) is 12.8. The average Bonchev–Trinajstić information content (AvgIpc) is 2.86. The van der Waals surface area contributed by atoms with Gasteiger partial charge in [-0.2, -0.15) is 0 Å². The van der Waals surface area contributed by atoms with Crippen LogP contribution in [0.3, 0.4) is 0 Å². The normalized spacial score (nSPS) is 13.6. The molecule has 0 bridgehead atoms. The third-order valence-corrected chi connectivity index (χ3v) is 3.73. The molecule has 9 heteroatoms. The lowest BCUT2D eigenvalue weighted by atomic mass is 10.0. The van der Waals surface area contributed by atoms with Crippen molar-refractivity contribution in [3.05, 3.63) is 59.3 Å². The fourth-order valence-electron chi connectivity index (χ4n) is 2.58. The maximum absolute atomic E-state index is 14.1. The zero-order valence-electron chi connectivity index (χ0n) is 13.9. The summed E-state index contributed by atoms with van der Waals surface area (Å²) < 4.78 is 27.6. The van der Waals surface area contributed by atoms with E-state index in [0.717, 1.165) is 6.07 Å². The summed E-state index contributed by atoms with van der Waals surface area (Å²) in [6.45, 7) is 1.27. The summed E-state index contributed by atoms with van der Waals surface area (Å²) in [7, 11) is 0. The fraction of sp³-hybridized carbons (Fsp3) is 0.0556. The molecule has 1 aliphatic heterocycles. The van der Waals surface area contributed by atoms with Crippen LogP contribution in [0.2, 0.25) is 0 Å². The van der Waals surface area contributed by atoms with Crippen molar-refractivity contribution < 1.29 is 28.3 Å². The number of aromatic hydroxyl groups is 1. The molecular weight excluding hydrogens is 360 g/mol. The van der Waals surface area contributed by atoms with Crippen molar-refractivity contribution in [1.29, 1.82) is 0 Å². The van der Waals surface area contributed by atoms with Crippen molar-refractivity contribution >= 4 is 34.7 Å². The Morgan fingerprint density at radius 1 is 1.11 bits per heavy atom. The van der Waals surface area contributed by atoms with Gasteiger partial charge in [-0.25, -0.2) is 8.78 Å². The van der Waals surface area contributed by atoms with Gasteiger partial charge in [0.15, 0.2) is 11.6 Å². The molecule has 3 amide bonds. The zero-order valence-corrected chi connectivity index (χ0v) is 13.9. The van der Waals surface area contributed by atoms with Gasteiger partial charge in [0.25, 0.3) is 11.8 Å². The molecule has 2 aromatic rings. The maximum Gasteiger partial charge on any atom is 0.275 e. The molecule has 0 unspecified atom stereocenters. The topological polar surface area (TPSA) is 108 Å². The van der Waals surface area contributed by atoms with Crippen molar-refractivity contribution in [2.24, 2.45) is 0 Å². The molecule has 0 saturated heterocycles. The predicted molar refractivity (Wildman–Crippen MR) is 92.5 cm³/mol. The van der Waals surface area contributed by atoms with E-state index in [4.69, 9.17) is 0 Å². The highest BCUT2D eigenvalue weighted by Gasteiger charge is 2.33. The van der Waals surface area contributed by atoms with Crippen LogP contribution in [0, 0.1) is 11.6 Å². The Labute approximate surface area is 151 Å². The molecule has 4 N–H and O–H groups in total. The van der Waals surface area contributed by atoms with Crippen molar-refractivity contribution in [2.75, 3.05) is 10.6 Å². The van der Waals surface area contributed by atoms with Gasteiger partial charge in [-0.15, -0.1) is 0 Å². The number of anilines is 2. The second-order valence-electron chi connectivity index (χ2n) is 5.67. The van der Waals surface area contributed by atoms with Crippen molar-refractivity contribution in [1.82, 2.24) is 5.32 Å². The van der Waals surface area contributed by atoms with E-state index in [-0.39, 0.29) is 34.0 Å². The van der Waals surface area contributed by atoms with Crippen molar-refractivity contribution in [3.63, 3.8) is 0 Å². The number of rotatable bonds is 4. The Hall–Kier alpha value is -3.75. The number of nitrogens with one attached hydrogen (secondary N) is 3. The molecule has 0 radical (unpaired) electrons. The second-order valence-corrected chi connectivity index (χ2v) is 5.67. The largest absolute Gasteiger partial charge is 0.506 e. The summed E-state index contributed by atoms with van der Waals surface area (Å²) in [6, 6.07) is 7.27. The van der Waals surface area contributed by atoms with Crippen LogP contribution in [0.5, 0.6) is 5.75 Å². The molecule has 0 atom stereocenters. The highest BCUT2D eigenvalue weighted by molar-refractivity contribution is 6.36. The van der Waals surface area contributed by atoms with Gasteiger partial charge >= 0.3 is 0 Å². The maximum atomic E-state index is 14.1. The Balaban J connectivity index is 2.02. The van der Waals surface area contributed by atoms with Crippen LogP contribution in [0.1, 0.15) is 12.5 Å². The van der Waals surface area contributed by atoms with Crippen LogP contribution < -0.4 is 16.0 Å². The molecule has 0 fully saturated rings. The summed E-state index contributed by atoms with van der Waals surface area (Å²) in [4.78, 5) is 35.2. The molecule has 0 aliphatic carbocycles. The monoisotopic (exact) mass is 373 g/mol. The second kappa shape index (κ2) is 6.87. The van der Waals surface area contributed by atoms with Gasteiger partial charge in [0.1, 0.15) is 11.4 Å². The van der Waals surface area contributed by atoms with Crippen LogP contribution >= 0.6 is 0 Å². The molecule has 2 aromatic carbocycles. The highest BCUT2D eigenvalue weighted by Crippen LogP contribution is 2.31. The lowest BCUT2D eigenvalue weighted by Crippen LogP contribution is -2.24. The zero-order chi connectivity index (χ0) is 19.7. The van der Waals surface area contributed by atoms with E-state index in [2.05, 4.69) is 10.6 Å². The van der Waals surface area contributed by atoms with Gasteiger partial charge in [0.05, 0.1) is 11.3 Å². The summed E-state index contributed by atoms with van der Waals surface area (Å²) in [5.74, 6) is -4.82. The number of imide groups is 1. The first-order valence-electron chi connectivity index (χ1n) is 7.70. The Morgan fingerprint density at radius 3 is 2.52 bits per heavy atom. The van der Waals surface area contributed by atoms with E-state index < -0.39 is 29.4 Å². The molecule has 1 heterocycles. The van der Waals surface area contributed by atoms with E-state index in [9.17, 15) is 28.3 Å². The minimum atomic E-state index is -1.26. The number of carbonyl (C=O) groups is 3. The third kappa shape index (κ3) is 3.47. The van der Waals surface area contributed by atoms with E-state index in [1.807, 2.05) is 5.32 Å². The SMILES string of the molecule is CC(=O)Nc1ccc(NC2=C(c3cccc(F)c3F)C(=O)NC2=O)cc1O. The molecular formula is C18H13F2N3O4. The number of phenols is 1. The Kier molecular flexibility index (Phi) is 4.59. The van der Waals surface area contributed by atoms with Crippen LogP contribution in [0.25, 0.3) is 5.57 Å².